The summed E-state index contributed by atoms with van der Waals surface area (Å²) < 4.78 is 26.8. The zero-order valence-electron chi connectivity index (χ0n) is 12.1. The van der Waals surface area contributed by atoms with Crippen molar-refractivity contribution in [1.82, 2.24) is 5.32 Å². The first kappa shape index (κ1) is 15.9. The Morgan fingerprint density at radius 2 is 1.90 bits per heavy atom. The summed E-state index contributed by atoms with van der Waals surface area (Å²) >= 11 is 6.10. The maximum Gasteiger partial charge on any atom is 0.129 e. The SMILES string of the molecule is CCNC(Cc1ccc(F)cc1F)c1cc(C)cc(Cl)c1. The normalized spacial score (nSPS) is 12.4. The zero-order valence-corrected chi connectivity index (χ0v) is 12.8. The molecule has 0 aliphatic heterocycles. The van der Waals surface area contributed by atoms with Gasteiger partial charge < -0.3 is 5.32 Å². The van der Waals surface area contributed by atoms with Gasteiger partial charge in [-0.25, -0.2) is 8.78 Å². The number of aryl methyl sites for hydroxylation is 1. The van der Waals surface area contributed by atoms with Crippen LogP contribution in [0.4, 0.5) is 8.78 Å². The van der Waals surface area contributed by atoms with E-state index in [9.17, 15) is 8.78 Å². The average Bonchev–Trinajstić information content (AvgIpc) is 2.40. The van der Waals surface area contributed by atoms with Gasteiger partial charge in [-0.05, 0) is 54.8 Å². The number of benzene rings is 2. The third kappa shape index (κ3) is 4.26. The van der Waals surface area contributed by atoms with Crippen molar-refractivity contribution in [2.75, 3.05) is 6.54 Å². The molecule has 0 spiro atoms. The van der Waals surface area contributed by atoms with Gasteiger partial charge in [-0.15, -0.1) is 0 Å². The molecule has 1 nitrogen and oxygen atoms in total. The highest BCUT2D eigenvalue weighted by Gasteiger charge is 2.15. The Labute approximate surface area is 128 Å². The fourth-order valence-electron chi connectivity index (χ4n) is 2.43. The smallest absolute Gasteiger partial charge is 0.129 e. The topological polar surface area (TPSA) is 12.0 Å². The van der Waals surface area contributed by atoms with Crippen LogP contribution in [0.5, 0.6) is 0 Å². The molecule has 0 bridgehead atoms. The highest BCUT2D eigenvalue weighted by molar-refractivity contribution is 6.30. The van der Waals surface area contributed by atoms with Crippen LogP contribution in [0.15, 0.2) is 36.4 Å². The molecule has 0 saturated heterocycles. The number of rotatable bonds is 5. The molecule has 2 aromatic rings. The summed E-state index contributed by atoms with van der Waals surface area (Å²) in [5.41, 5.74) is 2.55. The number of nitrogens with one attached hydrogen (secondary N) is 1. The lowest BCUT2D eigenvalue weighted by Crippen LogP contribution is -2.23. The second-order valence-electron chi connectivity index (χ2n) is 5.11. The predicted molar refractivity (Wildman–Crippen MR) is 82.7 cm³/mol. The molecule has 0 aliphatic carbocycles. The Balaban J connectivity index is 2.30. The Morgan fingerprint density at radius 1 is 1.14 bits per heavy atom. The lowest BCUT2D eigenvalue weighted by molar-refractivity contribution is 0.521. The van der Waals surface area contributed by atoms with Crippen LogP contribution < -0.4 is 5.32 Å². The lowest BCUT2D eigenvalue weighted by Gasteiger charge is -2.20. The van der Waals surface area contributed by atoms with Crippen LogP contribution in [-0.4, -0.2) is 6.54 Å². The van der Waals surface area contributed by atoms with Gasteiger partial charge in [-0.1, -0.05) is 30.7 Å². The summed E-state index contributed by atoms with van der Waals surface area (Å²) in [4.78, 5) is 0. The molecule has 21 heavy (non-hydrogen) atoms. The van der Waals surface area contributed by atoms with Crippen LogP contribution in [0.2, 0.25) is 5.02 Å². The summed E-state index contributed by atoms with van der Waals surface area (Å²) in [5.74, 6) is -1.08. The monoisotopic (exact) mass is 309 g/mol. The highest BCUT2D eigenvalue weighted by Crippen LogP contribution is 2.24. The molecule has 0 heterocycles. The Kier molecular flexibility index (Phi) is 5.32. The molecule has 1 unspecified atom stereocenters. The summed E-state index contributed by atoms with van der Waals surface area (Å²) in [6.07, 6.45) is 0.444. The van der Waals surface area contributed by atoms with Crippen LogP contribution in [0.1, 0.15) is 29.7 Å². The molecule has 0 amide bonds. The minimum atomic E-state index is -0.560. The van der Waals surface area contributed by atoms with Gasteiger partial charge in [0.1, 0.15) is 11.6 Å². The fourth-order valence-corrected chi connectivity index (χ4v) is 2.73. The maximum absolute atomic E-state index is 13.8. The zero-order chi connectivity index (χ0) is 15.4. The largest absolute Gasteiger partial charge is 0.310 e. The molecule has 1 atom stereocenters. The predicted octanol–water partition coefficient (Wildman–Crippen LogP) is 4.82. The van der Waals surface area contributed by atoms with Crippen molar-refractivity contribution in [2.45, 2.75) is 26.3 Å². The lowest BCUT2D eigenvalue weighted by atomic mass is 9.97. The molecule has 0 aromatic heterocycles. The number of likely N-dealkylation sites (N-methyl/N-ethyl adjacent to an activating group) is 1. The first-order chi connectivity index (χ1) is 9.99. The molecule has 112 valence electrons. The van der Waals surface area contributed by atoms with E-state index in [2.05, 4.69) is 5.32 Å². The van der Waals surface area contributed by atoms with E-state index in [0.717, 1.165) is 23.7 Å². The molecule has 0 saturated carbocycles. The van der Waals surface area contributed by atoms with E-state index in [-0.39, 0.29) is 6.04 Å². The van der Waals surface area contributed by atoms with E-state index in [1.54, 1.807) is 0 Å². The standard InChI is InChI=1S/C17H18ClF2N/c1-3-21-17(13-6-11(2)7-14(18)8-13)9-12-4-5-15(19)10-16(12)20/h4-8,10,17,21H,3,9H2,1-2H3. The first-order valence-corrected chi connectivity index (χ1v) is 7.31. The third-order valence-corrected chi connectivity index (χ3v) is 3.57. The van der Waals surface area contributed by atoms with Gasteiger partial charge in [0.2, 0.25) is 0 Å². The van der Waals surface area contributed by atoms with E-state index in [1.807, 2.05) is 32.0 Å². The van der Waals surface area contributed by atoms with Crippen molar-refractivity contribution < 1.29 is 8.78 Å². The van der Waals surface area contributed by atoms with E-state index in [1.165, 1.54) is 12.1 Å². The summed E-state index contributed by atoms with van der Waals surface area (Å²) in [5, 5.41) is 3.98. The quantitative estimate of drug-likeness (QED) is 0.835. The Bertz CT molecular complexity index is 608. The van der Waals surface area contributed by atoms with Crippen molar-refractivity contribution >= 4 is 11.6 Å². The minimum Gasteiger partial charge on any atom is -0.310 e. The molecule has 4 heteroatoms. The van der Waals surface area contributed by atoms with E-state index >= 15 is 0 Å². The molecule has 0 fully saturated rings. The van der Waals surface area contributed by atoms with Crippen LogP contribution in [0, 0.1) is 18.6 Å². The second-order valence-corrected chi connectivity index (χ2v) is 5.55. The molecular formula is C17H18ClF2N. The van der Waals surface area contributed by atoms with Crippen molar-refractivity contribution in [3.05, 3.63) is 69.7 Å². The Hall–Kier alpha value is -1.45. The summed E-state index contributed by atoms with van der Waals surface area (Å²) in [6, 6.07) is 9.42. The van der Waals surface area contributed by atoms with Crippen molar-refractivity contribution in [3.8, 4) is 0 Å². The van der Waals surface area contributed by atoms with Gasteiger partial charge in [0.05, 0.1) is 0 Å². The molecular weight excluding hydrogens is 292 g/mol. The number of hydrogen-bond acceptors (Lipinski definition) is 1. The summed E-state index contributed by atoms with van der Waals surface area (Å²) in [6.45, 7) is 4.71. The van der Waals surface area contributed by atoms with Crippen molar-refractivity contribution in [3.63, 3.8) is 0 Å². The van der Waals surface area contributed by atoms with Crippen LogP contribution in [-0.2, 0) is 6.42 Å². The van der Waals surface area contributed by atoms with Crippen LogP contribution in [0.25, 0.3) is 0 Å². The van der Waals surface area contributed by atoms with Gasteiger partial charge in [-0.3, -0.25) is 0 Å². The van der Waals surface area contributed by atoms with E-state index in [0.29, 0.717) is 17.0 Å². The van der Waals surface area contributed by atoms with Crippen LogP contribution in [0.3, 0.4) is 0 Å². The molecule has 1 N–H and O–H groups in total. The maximum atomic E-state index is 13.8. The average molecular weight is 310 g/mol. The first-order valence-electron chi connectivity index (χ1n) is 6.94. The van der Waals surface area contributed by atoms with Crippen LogP contribution >= 0.6 is 11.6 Å². The second kappa shape index (κ2) is 7.01. The number of halogens is 3. The van der Waals surface area contributed by atoms with E-state index in [4.69, 9.17) is 11.6 Å². The number of hydrogen-bond donors (Lipinski definition) is 1. The molecule has 2 aromatic carbocycles. The molecule has 2 rings (SSSR count). The Morgan fingerprint density at radius 3 is 2.52 bits per heavy atom. The van der Waals surface area contributed by atoms with Crippen molar-refractivity contribution in [2.24, 2.45) is 0 Å². The third-order valence-electron chi connectivity index (χ3n) is 3.36. The van der Waals surface area contributed by atoms with Crippen molar-refractivity contribution in [1.29, 1.82) is 0 Å². The minimum absolute atomic E-state index is 0.0626. The molecule has 0 radical (unpaired) electrons. The van der Waals surface area contributed by atoms with Gasteiger partial charge in [0.25, 0.3) is 0 Å². The summed E-state index contributed by atoms with van der Waals surface area (Å²) in [7, 11) is 0. The van der Waals surface area contributed by atoms with Gasteiger partial charge in [-0.2, -0.15) is 0 Å². The fraction of sp³-hybridized carbons (Fsp3) is 0.294. The highest BCUT2D eigenvalue weighted by atomic mass is 35.5. The van der Waals surface area contributed by atoms with Gasteiger partial charge >= 0.3 is 0 Å². The van der Waals surface area contributed by atoms with Gasteiger partial charge in [0, 0.05) is 17.1 Å². The van der Waals surface area contributed by atoms with Gasteiger partial charge in [0.15, 0.2) is 0 Å². The van der Waals surface area contributed by atoms with E-state index < -0.39 is 11.6 Å². The molecule has 0 aliphatic rings.